The molecule has 2 N–H and O–H groups in total. The number of likely N-dealkylation sites (N-methyl/N-ethyl adjacent to an activating group) is 1. The van der Waals surface area contributed by atoms with Gasteiger partial charge in [0.25, 0.3) is 5.91 Å². The van der Waals surface area contributed by atoms with E-state index in [-0.39, 0.29) is 23.7 Å². The second-order valence-corrected chi connectivity index (χ2v) is 7.84. The van der Waals surface area contributed by atoms with E-state index in [4.69, 9.17) is 0 Å². The van der Waals surface area contributed by atoms with Crippen LogP contribution in [0.2, 0.25) is 0 Å². The van der Waals surface area contributed by atoms with Crippen molar-refractivity contribution in [1.29, 1.82) is 0 Å². The second kappa shape index (κ2) is 7.82. The fourth-order valence-corrected chi connectivity index (χ4v) is 4.11. The van der Waals surface area contributed by atoms with E-state index in [1.807, 2.05) is 30.0 Å². The third kappa shape index (κ3) is 3.63. The zero-order valence-electron chi connectivity index (χ0n) is 17.3. The molecule has 2 aromatic carbocycles. The minimum absolute atomic E-state index is 0.0164. The third-order valence-corrected chi connectivity index (χ3v) is 5.91. The lowest BCUT2D eigenvalue weighted by Crippen LogP contribution is -2.37. The van der Waals surface area contributed by atoms with Gasteiger partial charge in [0.15, 0.2) is 0 Å². The Morgan fingerprint density at radius 1 is 1.33 bits per heavy atom. The average Bonchev–Trinajstić information content (AvgIpc) is 3.31. The molecule has 2 heterocycles. The number of nitrogens with one attached hydrogen (secondary N) is 2. The molecule has 2 amide bonds. The summed E-state index contributed by atoms with van der Waals surface area (Å²) in [6.45, 7) is 4.81. The first kappa shape index (κ1) is 19.9. The van der Waals surface area contributed by atoms with E-state index in [9.17, 15) is 14.0 Å². The van der Waals surface area contributed by atoms with Gasteiger partial charge in [-0.15, -0.1) is 0 Å². The lowest BCUT2D eigenvalue weighted by atomic mass is 10.0. The van der Waals surface area contributed by atoms with Crippen LogP contribution in [0.5, 0.6) is 0 Å². The summed E-state index contributed by atoms with van der Waals surface area (Å²) in [4.78, 5) is 27.6. The van der Waals surface area contributed by atoms with Crippen molar-refractivity contribution in [2.45, 2.75) is 26.3 Å². The van der Waals surface area contributed by atoms with Crippen LogP contribution in [0.4, 0.5) is 21.5 Å². The summed E-state index contributed by atoms with van der Waals surface area (Å²) in [6.07, 6.45) is 2.44. The molecule has 1 atom stereocenters. The first-order chi connectivity index (χ1) is 14.3. The largest absolute Gasteiger partial charge is 0.367 e. The van der Waals surface area contributed by atoms with Gasteiger partial charge in [-0.2, -0.15) is 0 Å². The molecule has 0 bridgehead atoms. The van der Waals surface area contributed by atoms with Gasteiger partial charge in [-0.25, -0.2) is 4.39 Å². The van der Waals surface area contributed by atoms with E-state index in [0.29, 0.717) is 30.0 Å². The number of hydrogen-bond acceptors (Lipinski definition) is 4. The van der Waals surface area contributed by atoms with Crippen LogP contribution in [0, 0.1) is 12.7 Å². The fourth-order valence-electron chi connectivity index (χ4n) is 4.11. The molecule has 1 fully saturated rings. The highest BCUT2D eigenvalue weighted by molar-refractivity contribution is 6.32. The fraction of sp³-hybridized carbons (Fsp3) is 0.304. The van der Waals surface area contributed by atoms with Crippen LogP contribution >= 0.6 is 0 Å². The van der Waals surface area contributed by atoms with Gasteiger partial charge in [0.1, 0.15) is 5.82 Å². The van der Waals surface area contributed by atoms with E-state index < -0.39 is 0 Å². The lowest BCUT2D eigenvalue weighted by Gasteiger charge is -2.24. The van der Waals surface area contributed by atoms with Crippen molar-refractivity contribution in [2.24, 2.45) is 0 Å². The van der Waals surface area contributed by atoms with Crippen molar-refractivity contribution in [3.63, 3.8) is 0 Å². The maximum atomic E-state index is 14.8. The van der Waals surface area contributed by atoms with E-state index in [1.54, 1.807) is 37.2 Å². The highest BCUT2D eigenvalue weighted by Gasteiger charge is 2.29. The summed E-state index contributed by atoms with van der Waals surface area (Å²) in [5.41, 5.74) is 4.27. The van der Waals surface area contributed by atoms with Crippen LogP contribution in [-0.4, -0.2) is 42.9 Å². The number of carbonyl (C=O) groups excluding carboxylic acids is 2. The molecule has 2 aliphatic rings. The average molecular weight is 408 g/mol. The van der Waals surface area contributed by atoms with Gasteiger partial charge < -0.3 is 20.4 Å². The molecule has 2 aliphatic heterocycles. The number of hydrogen-bond donors (Lipinski definition) is 2. The number of amides is 2. The second-order valence-electron chi connectivity index (χ2n) is 7.84. The van der Waals surface area contributed by atoms with E-state index >= 15 is 0 Å². The van der Waals surface area contributed by atoms with E-state index in [2.05, 4.69) is 10.6 Å². The standard InChI is InChI=1S/C23H25FN4O2/c1-14-5-4-6-20-22(14)18(23(30)26-20)12-25-16-7-8-21(19(24)11-16)28-10-9-17(13-28)27(3)15(2)29/h4-8,11-12,17,25H,9-10,13H2,1-3H3,(H,26,30). The first-order valence-electron chi connectivity index (χ1n) is 10.0. The SMILES string of the molecule is CC(=O)N(C)C1CCN(c2ccc(NC=C3C(=O)Nc4cccc(C)c43)cc2F)C1. The molecule has 0 aliphatic carbocycles. The van der Waals surface area contributed by atoms with Gasteiger partial charge in [0, 0.05) is 50.2 Å². The van der Waals surface area contributed by atoms with Gasteiger partial charge in [0.05, 0.1) is 17.3 Å². The van der Waals surface area contributed by atoms with Crippen LogP contribution in [0.25, 0.3) is 5.57 Å². The van der Waals surface area contributed by atoms with Crippen molar-refractivity contribution >= 4 is 34.4 Å². The summed E-state index contributed by atoms with van der Waals surface area (Å²) in [5.74, 6) is -0.499. The van der Waals surface area contributed by atoms with Gasteiger partial charge in [-0.05, 0) is 43.2 Å². The summed E-state index contributed by atoms with van der Waals surface area (Å²) >= 11 is 0. The number of rotatable bonds is 4. The molecule has 0 radical (unpaired) electrons. The lowest BCUT2D eigenvalue weighted by molar-refractivity contribution is -0.129. The Morgan fingerprint density at radius 3 is 2.87 bits per heavy atom. The number of anilines is 3. The molecule has 1 saturated heterocycles. The van der Waals surface area contributed by atoms with Crippen LogP contribution in [0.15, 0.2) is 42.6 Å². The summed E-state index contributed by atoms with van der Waals surface area (Å²) in [7, 11) is 1.78. The highest BCUT2D eigenvalue weighted by Crippen LogP contribution is 2.34. The number of fused-ring (bicyclic) bond motifs is 1. The molecule has 6 nitrogen and oxygen atoms in total. The number of halogens is 1. The summed E-state index contributed by atoms with van der Waals surface area (Å²) < 4.78 is 14.8. The van der Waals surface area contributed by atoms with Crippen LogP contribution < -0.4 is 15.5 Å². The van der Waals surface area contributed by atoms with Gasteiger partial charge >= 0.3 is 0 Å². The topological polar surface area (TPSA) is 64.7 Å². The Bertz CT molecular complexity index is 1050. The van der Waals surface area contributed by atoms with Gasteiger partial charge in [0.2, 0.25) is 5.91 Å². The van der Waals surface area contributed by atoms with Crippen molar-refractivity contribution in [2.75, 3.05) is 35.7 Å². The minimum Gasteiger partial charge on any atom is -0.367 e. The number of carbonyl (C=O) groups is 2. The maximum absolute atomic E-state index is 14.8. The van der Waals surface area contributed by atoms with Crippen molar-refractivity contribution in [3.8, 4) is 0 Å². The van der Waals surface area contributed by atoms with E-state index in [0.717, 1.165) is 23.2 Å². The number of aryl methyl sites for hydroxylation is 1. The Labute approximate surface area is 175 Å². The van der Waals surface area contributed by atoms with Crippen molar-refractivity contribution < 1.29 is 14.0 Å². The Kier molecular flexibility index (Phi) is 5.20. The molecular weight excluding hydrogens is 383 g/mol. The molecule has 7 heteroatoms. The molecule has 4 rings (SSSR count). The molecule has 2 aromatic rings. The molecule has 1 unspecified atom stereocenters. The Balaban J connectivity index is 1.50. The molecule has 156 valence electrons. The normalized spacial score (nSPS) is 19.1. The first-order valence-corrected chi connectivity index (χ1v) is 10.0. The quantitative estimate of drug-likeness (QED) is 0.759. The van der Waals surface area contributed by atoms with Gasteiger partial charge in [-0.1, -0.05) is 12.1 Å². The maximum Gasteiger partial charge on any atom is 0.257 e. The molecule has 0 spiro atoms. The molecule has 30 heavy (non-hydrogen) atoms. The van der Waals surface area contributed by atoms with Crippen LogP contribution in [0.3, 0.4) is 0 Å². The number of benzene rings is 2. The highest BCUT2D eigenvalue weighted by atomic mass is 19.1. The molecular formula is C23H25FN4O2. The third-order valence-electron chi connectivity index (χ3n) is 5.91. The predicted molar refractivity (Wildman–Crippen MR) is 117 cm³/mol. The van der Waals surface area contributed by atoms with Crippen molar-refractivity contribution in [3.05, 3.63) is 59.5 Å². The van der Waals surface area contributed by atoms with Gasteiger partial charge in [-0.3, -0.25) is 9.59 Å². The molecule has 0 saturated carbocycles. The van der Waals surface area contributed by atoms with Crippen molar-refractivity contribution in [1.82, 2.24) is 4.90 Å². The zero-order chi connectivity index (χ0) is 21.4. The number of nitrogens with zero attached hydrogens (tertiary/aromatic N) is 2. The molecule has 0 aromatic heterocycles. The zero-order valence-corrected chi connectivity index (χ0v) is 17.3. The summed E-state index contributed by atoms with van der Waals surface area (Å²) in [5, 5.41) is 5.90. The smallest absolute Gasteiger partial charge is 0.257 e. The van der Waals surface area contributed by atoms with Crippen LogP contribution in [-0.2, 0) is 9.59 Å². The monoisotopic (exact) mass is 408 g/mol. The Morgan fingerprint density at radius 2 is 2.13 bits per heavy atom. The predicted octanol–water partition coefficient (Wildman–Crippen LogP) is 3.60. The van der Waals surface area contributed by atoms with E-state index in [1.165, 1.54) is 6.07 Å². The summed E-state index contributed by atoms with van der Waals surface area (Å²) in [6, 6.07) is 10.8. The minimum atomic E-state index is -0.336. The Hall–Kier alpha value is -3.35. The van der Waals surface area contributed by atoms with Crippen LogP contribution in [0.1, 0.15) is 24.5 Å².